The van der Waals surface area contributed by atoms with Crippen LogP contribution in [0.1, 0.15) is 32.1 Å². The van der Waals surface area contributed by atoms with E-state index in [-0.39, 0.29) is 6.04 Å². The molecule has 1 saturated carbocycles. The van der Waals surface area contributed by atoms with Gasteiger partial charge >= 0.3 is 5.97 Å². The zero-order valence-corrected chi connectivity index (χ0v) is 8.78. The SMILES string of the molecule is N=C(CCC[C@H](N)C(=O)O)C(N)C1CC1. The molecule has 1 aliphatic carbocycles. The van der Waals surface area contributed by atoms with Crippen molar-refractivity contribution in [3.63, 3.8) is 0 Å². The van der Waals surface area contributed by atoms with Gasteiger partial charge in [-0.3, -0.25) is 4.79 Å². The molecule has 6 N–H and O–H groups in total. The van der Waals surface area contributed by atoms with Crippen LogP contribution in [0.2, 0.25) is 0 Å². The normalized spacial score (nSPS) is 19.6. The first-order chi connectivity index (χ1) is 7.02. The average Bonchev–Trinajstić information content (AvgIpc) is 2.99. The number of carbonyl (C=O) groups is 1. The highest BCUT2D eigenvalue weighted by atomic mass is 16.4. The van der Waals surface area contributed by atoms with Crippen molar-refractivity contribution in [2.45, 2.75) is 44.2 Å². The summed E-state index contributed by atoms with van der Waals surface area (Å²) in [5.41, 5.74) is 11.7. The molecule has 2 atom stereocenters. The molecule has 0 radical (unpaired) electrons. The van der Waals surface area contributed by atoms with Gasteiger partial charge in [-0.2, -0.15) is 0 Å². The molecule has 1 aliphatic rings. The highest BCUT2D eigenvalue weighted by Crippen LogP contribution is 2.32. The van der Waals surface area contributed by atoms with Crippen molar-refractivity contribution >= 4 is 11.7 Å². The molecule has 0 aromatic carbocycles. The number of carboxylic acid groups (broad SMARTS) is 1. The molecule has 15 heavy (non-hydrogen) atoms. The van der Waals surface area contributed by atoms with E-state index in [1.165, 1.54) is 0 Å². The van der Waals surface area contributed by atoms with Gasteiger partial charge in [-0.25, -0.2) is 0 Å². The smallest absolute Gasteiger partial charge is 0.320 e. The fraction of sp³-hybridized carbons (Fsp3) is 0.800. The van der Waals surface area contributed by atoms with Crippen LogP contribution >= 0.6 is 0 Å². The summed E-state index contributed by atoms with van der Waals surface area (Å²) in [5.74, 6) is -0.487. The lowest BCUT2D eigenvalue weighted by molar-refractivity contribution is -0.138. The van der Waals surface area contributed by atoms with Crippen LogP contribution in [0, 0.1) is 11.3 Å². The van der Waals surface area contributed by atoms with Gasteiger partial charge in [0.05, 0.1) is 0 Å². The fourth-order valence-electron chi connectivity index (χ4n) is 1.54. The third-order valence-corrected chi connectivity index (χ3v) is 2.81. The molecule has 0 aliphatic heterocycles. The molecule has 1 unspecified atom stereocenters. The first-order valence-corrected chi connectivity index (χ1v) is 5.33. The van der Waals surface area contributed by atoms with Crippen LogP contribution in [0.25, 0.3) is 0 Å². The molecule has 0 amide bonds. The number of hydrogen-bond donors (Lipinski definition) is 4. The van der Waals surface area contributed by atoms with Gasteiger partial charge in [0.1, 0.15) is 6.04 Å². The third-order valence-electron chi connectivity index (χ3n) is 2.81. The zero-order valence-electron chi connectivity index (χ0n) is 8.78. The molecule has 0 saturated heterocycles. The monoisotopic (exact) mass is 213 g/mol. The van der Waals surface area contributed by atoms with Gasteiger partial charge in [0, 0.05) is 11.8 Å². The molecule has 1 fully saturated rings. The van der Waals surface area contributed by atoms with E-state index in [1.54, 1.807) is 0 Å². The molecule has 0 heterocycles. The summed E-state index contributed by atoms with van der Waals surface area (Å²) in [4.78, 5) is 10.4. The van der Waals surface area contributed by atoms with E-state index in [2.05, 4.69) is 0 Å². The van der Waals surface area contributed by atoms with Crippen LogP contribution in [-0.2, 0) is 4.79 Å². The summed E-state index contributed by atoms with van der Waals surface area (Å²) < 4.78 is 0. The standard InChI is InChI=1S/C10H19N3O2/c11-7(9(13)6-4-5-6)2-1-3-8(12)10(14)15/h6,8-9,11H,1-5,12-13H2,(H,14,15)/t8-,9?/m0/s1. The predicted octanol–water partition coefficient (Wildman–Crippen LogP) is 0.326. The summed E-state index contributed by atoms with van der Waals surface area (Å²) in [6.07, 6.45) is 3.86. The summed E-state index contributed by atoms with van der Waals surface area (Å²) in [7, 11) is 0. The Kier molecular flexibility index (Phi) is 4.23. The number of hydrogen-bond acceptors (Lipinski definition) is 4. The Morgan fingerprint density at radius 1 is 1.47 bits per heavy atom. The quantitative estimate of drug-likeness (QED) is 0.456. The maximum absolute atomic E-state index is 10.4. The summed E-state index contributed by atoms with van der Waals surface area (Å²) in [6, 6.07) is -0.930. The van der Waals surface area contributed by atoms with Crippen molar-refractivity contribution in [2.24, 2.45) is 17.4 Å². The predicted molar refractivity (Wildman–Crippen MR) is 57.9 cm³/mol. The Morgan fingerprint density at radius 2 is 2.07 bits per heavy atom. The second kappa shape index (κ2) is 5.23. The lowest BCUT2D eigenvalue weighted by Gasteiger charge is -2.12. The van der Waals surface area contributed by atoms with E-state index in [0.717, 1.165) is 12.8 Å². The second-order valence-electron chi connectivity index (χ2n) is 4.23. The number of nitrogens with two attached hydrogens (primary N) is 2. The van der Waals surface area contributed by atoms with Crippen molar-refractivity contribution in [3.05, 3.63) is 0 Å². The van der Waals surface area contributed by atoms with Crippen LogP contribution in [0.15, 0.2) is 0 Å². The first kappa shape index (κ1) is 12.1. The van der Waals surface area contributed by atoms with Gasteiger partial charge in [0.2, 0.25) is 0 Å². The first-order valence-electron chi connectivity index (χ1n) is 5.33. The Hall–Kier alpha value is -0.940. The highest BCUT2D eigenvalue weighted by molar-refractivity contribution is 5.87. The van der Waals surface area contributed by atoms with Crippen molar-refractivity contribution in [2.75, 3.05) is 0 Å². The average molecular weight is 213 g/mol. The Balaban J connectivity index is 2.13. The van der Waals surface area contributed by atoms with Crippen molar-refractivity contribution in [3.8, 4) is 0 Å². The van der Waals surface area contributed by atoms with E-state index in [1.807, 2.05) is 0 Å². The van der Waals surface area contributed by atoms with Gasteiger partial charge in [0.15, 0.2) is 0 Å². The minimum absolute atomic E-state index is 0.119. The number of aliphatic carboxylic acids is 1. The minimum atomic E-state index is -0.979. The maximum Gasteiger partial charge on any atom is 0.320 e. The molecule has 0 bridgehead atoms. The van der Waals surface area contributed by atoms with Crippen LogP contribution in [0.5, 0.6) is 0 Å². The van der Waals surface area contributed by atoms with Gasteiger partial charge in [0.25, 0.3) is 0 Å². The molecular weight excluding hydrogens is 194 g/mol. The lowest BCUT2D eigenvalue weighted by Crippen LogP contribution is -2.33. The Morgan fingerprint density at radius 3 is 2.53 bits per heavy atom. The van der Waals surface area contributed by atoms with Crippen molar-refractivity contribution in [1.82, 2.24) is 0 Å². The van der Waals surface area contributed by atoms with Crippen LogP contribution in [-0.4, -0.2) is 28.9 Å². The van der Waals surface area contributed by atoms with E-state index in [9.17, 15) is 4.79 Å². The van der Waals surface area contributed by atoms with Gasteiger partial charge in [-0.15, -0.1) is 0 Å². The molecule has 0 aromatic heterocycles. The minimum Gasteiger partial charge on any atom is -0.480 e. The molecule has 5 nitrogen and oxygen atoms in total. The fourth-order valence-corrected chi connectivity index (χ4v) is 1.54. The van der Waals surface area contributed by atoms with Crippen LogP contribution in [0.3, 0.4) is 0 Å². The molecule has 0 aromatic rings. The highest BCUT2D eigenvalue weighted by Gasteiger charge is 2.30. The number of nitrogens with one attached hydrogen (secondary N) is 1. The maximum atomic E-state index is 10.4. The Labute approximate surface area is 89.3 Å². The van der Waals surface area contributed by atoms with E-state index in [4.69, 9.17) is 22.0 Å². The Bertz CT molecular complexity index is 251. The largest absolute Gasteiger partial charge is 0.480 e. The molecule has 1 rings (SSSR count). The molecule has 5 heteroatoms. The summed E-state index contributed by atoms with van der Waals surface area (Å²) in [6.45, 7) is 0. The number of rotatable bonds is 7. The van der Waals surface area contributed by atoms with E-state index < -0.39 is 12.0 Å². The lowest BCUT2D eigenvalue weighted by atomic mass is 10.0. The van der Waals surface area contributed by atoms with E-state index in [0.29, 0.717) is 30.9 Å². The van der Waals surface area contributed by atoms with Crippen molar-refractivity contribution in [1.29, 1.82) is 5.41 Å². The van der Waals surface area contributed by atoms with Crippen LogP contribution < -0.4 is 11.5 Å². The van der Waals surface area contributed by atoms with Gasteiger partial charge in [-0.05, 0) is 38.0 Å². The summed E-state index contributed by atoms with van der Waals surface area (Å²) in [5, 5.41) is 16.3. The molecule has 86 valence electrons. The third kappa shape index (κ3) is 3.97. The van der Waals surface area contributed by atoms with Crippen molar-refractivity contribution < 1.29 is 9.90 Å². The number of carboxylic acids is 1. The van der Waals surface area contributed by atoms with E-state index >= 15 is 0 Å². The summed E-state index contributed by atoms with van der Waals surface area (Å²) >= 11 is 0. The molecule has 0 spiro atoms. The molecular formula is C10H19N3O2. The van der Waals surface area contributed by atoms with Gasteiger partial charge in [-0.1, -0.05) is 0 Å². The van der Waals surface area contributed by atoms with Gasteiger partial charge < -0.3 is 22.0 Å². The second-order valence-corrected chi connectivity index (χ2v) is 4.23. The zero-order chi connectivity index (χ0) is 11.4. The van der Waals surface area contributed by atoms with Crippen LogP contribution in [0.4, 0.5) is 0 Å². The topological polar surface area (TPSA) is 113 Å².